The lowest BCUT2D eigenvalue weighted by Gasteiger charge is -2.46. The summed E-state index contributed by atoms with van der Waals surface area (Å²) in [5.74, 6) is 0. The quantitative estimate of drug-likeness (QED) is 0.266. The number of nitrogens with two attached hydrogens (primary N) is 6. The summed E-state index contributed by atoms with van der Waals surface area (Å²) >= 11 is 0. The predicted octanol–water partition coefficient (Wildman–Crippen LogP) is -1.83. The second-order valence-corrected chi connectivity index (χ2v) is 4.82. The summed E-state index contributed by atoms with van der Waals surface area (Å²) in [7, 11) is 0. The van der Waals surface area contributed by atoms with Gasteiger partial charge in [-0.15, -0.1) is 0 Å². The molecule has 0 aromatic rings. The summed E-state index contributed by atoms with van der Waals surface area (Å²) < 4.78 is 0. The van der Waals surface area contributed by atoms with Gasteiger partial charge in [-0.1, -0.05) is 0 Å². The Labute approximate surface area is 104 Å². The van der Waals surface area contributed by atoms with Gasteiger partial charge < -0.3 is 34.4 Å². The van der Waals surface area contributed by atoms with E-state index < -0.39 is 11.1 Å². The topological polar surface area (TPSA) is 156 Å². The van der Waals surface area contributed by atoms with Gasteiger partial charge in [0.2, 0.25) is 0 Å². The lowest BCUT2D eigenvalue weighted by molar-refractivity contribution is 0.170. The molecule has 0 heterocycles. The third kappa shape index (κ3) is 4.50. The van der Waals surface area contributed by atoms with Crippen LogP contribution in [0.1, 0.15) is 32.1 Å². The second kappa shape index (κ2) is 7.97. The molecular formula is C11H30N6. The molecule has 0 radical (unpaired) electrons. The van der Waals surface area contributed by atoms with Crippen LogP contribution in [0, 0.1) is 0 Å². The van der Waals surface area contributed by atoms with Gasteiger partial charge in [-0.2, -0.15) is 0 Å². The summed E-state index contributed by atoms with van der Waals surface area (Å²) in [5, 5.41) is 0. The van der Waals surface area contributed by atoms with E-state index in [9.17, 15) is 0 Å². The van der Waals surface area contributed by atoms with Gasteiger partial charge in [0, 0.05) is 11.1 Å². The maximum atomic E-state index is 6.47. The fourth-order valence-corrected chi connectivity index (χ4v) is 2.44. The summed E-state index contributed by atoms with van der Waals surface area (Å²) in [5.41, 5.74) is 34.3. The molecule has 0 aromatic carbocycles. The molecule has 0 aliphatic carbocycles. The second-order valence-electron chi connectivity index (χ2n) is 4.82. The van der Waals surface area contributed by atoms with E-state index in [0.29, 0.717) is 45.4 Å². The van der Waals surface area contributed by atoms with Gasteiger partial charge in [-0.3, -0.25) is 0 Å². The minimum Gasteiger partial charge on any atom is -0.330 e. The van der Waals surface area contributed by atoms with E-state index >= 15 is 0 Å². The highest BCUT2D eigenvalue weighted by atomic mass is 14.9. The Morgan fingerprint density at radius 3 is 1.18 bits per heavy atom. The van der Waals surface area contributed by atoms with Crippen molar-refractivity contribution in [2.45, 2.75) is 43.2 Å². The fraction of sp³-hybridized carbons (Fsp3) is 1.00. The van der Waals surface area contributed by atoms with Crippen molar-refractivity contribution in [1.82, 2.24) is 0 Å². The van der Waals surface area contributed by atoms with Crippen molar-refractivity contribution in [3.05, 3.63) is 0 Å². The van der Waals surface area contributed by atoms with Crippen LogP contribution in [0.2, 0.25) is 0 Å². The number of hydrogen-bond donors (Lipinski definition) is 6. The van der Waals surface area contributed by atoms with Gasteiger partial charge in [-0.25, -0.2) is 0 Å². The molecule has 1 atom stereocenters. The first-order valence-electron chi connectivity index (χ1n) is 6.37. The Bertz CT molecular complexity index is 192. The Kier molecular flexibility index (Phi) is 7.85. The zero-order valence-corrected chi connectivity index (χ0v) is 10.8. The molecule has 17 heavy (non-hydrogen) atoms. The van der Waals surface area contributed by atoms with Crippen molar-refractivity contribution < 1.29 is 0 Å². The van der Waals surface area contributed by atoms with Crippen molar-refractivity contribution in [1.29, 1.82) is 0 Å². The number of hydrogen-bond acceptors (Lipinski definition) is 6. The Morgan fingerprint density at radius 2 is 0.882 bits per heavy atom. The first-order valence-corrected chi connectivity index (χ1v) is 6.37. The summed E-state index contributed by atoms with van der Waals surface area (Å²) in [4.78, 5) is 0. The van der Waals surface area contributed by atoms with Gasteiger partial charge in [-0.05, 0) is 58.3 Å². The van der Waals surface area contributed by atoms with Crippen molar-refractivity contribution >= 4 is 0 Å². The van der Waals surface area contributed by atoms with Crippen LogP contribution in [-0.4, -0.2) is 37.3 Å². The van der Waals surface area contributed by atoms with Gasteiger partial charge in [0.1, 0.15) is 0 Å². The molecule has 12 N–H and O–H groups in total. The highest BCUT2D eigenvalue weighted by Crippen LogP contribution is 2.31. The van der Waals surface area contributed by atoms with Crippen LogP contribution < -0.4 is 34.4 Å². The van der Waals surface area contributed by atoms with E-state index in [1.54, 1.807) is 0 Å². The van der Waals surface area contributed by atoms with Gasteiger partial charge in [0.25, 0.3) is 0 Å². The SMILES string of the molecule is NCCCC(N)(CCN)C(N)(CCN)CCN. The molecule has 0 aliphatic rings. The predicted molar refractivity (Wildman–Crippen MR) is 73.1 cm³/mol. The minimum absolute atomic E-state index is 0.503. The molecule has 1 unspecified atom stereocenters. The molecule has 0 saturated carbocycles. The van der Waals surface area contributed by atoms with E-state index in [2.05, 4.69) is 0 Å². The highest BCUT2D eigenvalue weighted by molar-refractivity contribution is 5.07. The molecule has 0 bridgehead atoms. The average molecular weight is 246 g/mol. The fourth-order valence-electron chi connectivity index (χ4n) is 2.44. The van der Waals surface area contributed by atoms with Crippen molar-refractivity contribution in [3.63, 3.8) is 0 Å². The van der Waals surface area contributed by atoms with Gasteiger partial charge in [0.05, 0.1) is 0 Å². The average Bonchev–Trinajstić information content (AvgIpc) is 2.27. The highest BCUT2D eigenvalue weighted by Gasteiger charge is 2.43. The first-order chi connectivity index (χ1) is 7.99. The van der Waals surface area contributed by atoms with E-state index in [1.165, 1.54) is 0 Å². The molecule has 0 spiro atoms. The van der Waals surface area contributed by atoms with Crippen molar-refractivity contribution in [2.75, 3.05) is 26.2 Å². The van der Waals surface area contributed by atoms with Crippen LogP contribution in [0.25, 0.3) is 0 Å². The molecule has 0 fully saturated rings. The van der Waals surface area contributed by atoms with Gasteiger partial charge in [0.15, 0.2) is 0 Å². The van der Waals surface area contributed by atoms with Crippen LogP contribution in [0.15, 0.2) is 0 Å². The molecule has 0 amide bonds. The Hall–Kier alpha value is -0.240. The molecule has 6 heteroatoms. The molecule has 0 rings (SSSR count). The van der Waals surface area contributed by atoms with Crippen LogP contribution in [0.3, 0.4) is 0 Å². The maximum Gasteiger partial charge on any atom is 0.0361 e. The third-order valence-corrected chi connectivity index (χ3v) is 3.59. The molecule has 6 nitrogen and oxygen atoms in total. The lowest BCUT2D eigenvalue weighted by Crippen LogP contribution is -2.67. The third-order valence-electron chi connectivity index (χ3n) is 3.59. The molecule has 104 valence electrons. The molecular weight excluding hydrogens is 216 g/mol. The zero-order chi connectivity index (χ0) is 13.4. The molecule has 0 aliphatic heterocycles. The summed E-state index contributed by atoms with van der Waals surface area (Å²) in [6, 6.07) is 0. The maximum absolute atomic E-state index is 6.47. The first kappa shape index (κ1) is 16.8. The van der Waals surface area contributed by atoms with Crippen LogP contribution in [-0.2, 0) is 0 Å². The normalized spacial score (nSPS) is 15.9. The molecule has 0 saturated heterocycles. The van der Waals surface area contributed by atoms with E-state index in [4.69, 9.17) is 34.4 Å². The standard InChI is InChI=1S/C11H30N6/c12-6-1-2-10(16,3-7-13)11(17,4-8-14)5-9-15/h1-9,12-17H2. The van der Waals surface area contributed by atoms with Crippen molar-refractivity contribution in [2.24, 2.45) is 34.4 Å². The van der Waals surface area contributed by atoms with Gasteiger partial charge >= 0.3 is 0 Å². The smallest absolute Gasteiger partial charge is 0.0361 e. The largest absolute Gasteiger partial charge is 0.330 e. The Morgan fingerprint density at radius 1 is 0.529 bits per heavy atom. The minimum atomic E-state index is -0.551. The van der Waals surface area contributed by atoms with Crippen LogP contribution in [0.5, 0.6) is 0 Å². The monoisotopic (exact) mass is 246 g/mol. The van der Waals surface area contributed by atoms with Crippen LogP contribution >= 0.6 is 0 Å². The Balaban J connectivity index is 4.90. The zero-order valence-electron chi connectivity index (χ0n) is 10.8. The molecule has 0 aromatic heterocycles. The summed E-state index contributed by atoms with van der Waals surface area (Å²) in [6.07, 6.45) is 3.59. The number of rotatable bonds is 10. The van der Waals surface area contributed by atoms with E-state index in [0.717, 1.165) is 12.8 Å². The van der Waals surface area contributed by atoms with E-state index in [-0.39, 0.29) is 0 Å². The van der Waals surface area contributed by atoms with E-state index in [1.807, 2.05) is 0 Å². The lowest BCUT2D eigenvalue weighted by atomic mass is 9.69. The van der Waals surface area contributed by atoms with Crippen molar-refractivity contribution in [3.8, 4) is 0 Å². The summed E-state index contributed by atoms with van der Waals surface area (Å²) in [6.45, 7) is 2.12. The van der Waals surface area contributed by atoms with Crippen LogP contribution in [0.4, 0.5) is 0 Å².